The van der Waals surface area contributed by atoms with Gasteiger partial charge in [0.25, 0.3) is 5.91 Å². The molecule has 5 nitrogen and oxygen atoms in total. The molecule has 0 aliphatic carbocycles. The Morgan fingerprint density at radius 2 is 2.14 bits per heavy atom. The van der Waals surface area contributed by atoms with E-state index in [0.717, 1.165) is 5.01 Å². The molecule has 0 fully saturated rings. The normalized spacial score (nSPS) is 10.4. The number of carbonyl (C=O) groups is 1. The second kappa shape index (κ2) is 7.40. The van der Waals surface area contributed by atoms with Gasteiger partial charge in [-0.2, -0.15) is 0 Å². The van der Waals surface area contributed by atoms with Gasteiger partial charge in [0.15, 0.2) is 0 Å². The molecule has 7 heteroatoms. The topological polar surface area (TPSA) is 77.2 Å². The third-order valence-corrected chi connectivity index (χ3v) is 4.03. The van der Waals surface area contributed by atoms with Crippen molar-refractivity contribution >= 4 is 28.8 Å². The van der Waals surface area contributed by atoms with Crippen molar-refractivity contribution < 1.29 is 9.53 Å². The number of thiazole rings is 1. The number of hydrogen-bond donors (Lipinski definition) is 2. The van der Waals surface area contributed by atoms with Crippen LogP contribution in [0.2, 0.25) is 5.02 Å². The summed E-state index contributed by atoms with van der Waals surface area (Å²) in [6, 6.07) is 7.10. The highest BCUT2D eigenvalue weighted by atomic mass is 35.5. The van der Waals surface area contributed by atoms with Gasteiger partial charge in [0.1, 0.15) is 22.2 Å². The first-order chi connectivity index (χ1) is 10.1. The predicted octanol–water partition coefficient (Wildman–Crippen LogP) is 2.37. The average molecular weight is 326 g/mol. The van der Waals surface area contributed by atoms with Crippen LogP contribution in [0.5, 0.6) is 5.75 Å². The fourth-order valence-electron chi connectivity index (χ4n) is 1.67. The van der Waals surface area contributed by atoms with Crippen LogP contribution in [-0.2, 0) is 6.61 Å². The number of carbonyl (C=O) groups excluding carboxylic acids is 1. The minimum Gasteiger partial charge on any atom is -0.486 e. The highest BCUT2D eigenvalue weighted by Crippen LogP contribution is 2.21. The van der Waals surface area contributed by atoms with Gasteiger partial charge in [0.2, 0.25) is 0 Å². The number of nitrogens with one attached hydrogen (secondary N) is 1. The molecule has 1 amide bonds. The average Bonchev–Trinajstić information content (AvgIpc) is 2.85. The Kier molecular flexibility index (Phi) is 5.55. The Morgan fingerprint density at radius 3 is 2.81 bits per heavy atom. The maximum atomic E-state index is 11.9. The molecule has 0 atom stereocenters. The Balaban J connectivity index is 1.98. The number of benzene rings is 1. The molecule has 0 radical (unpaired) electrons. The summed E-state index contributed by atoms with van der Waals surface area (Å²) in [6.45, 7) is 2.99. The van der Waals surface area contributed by atoms with Crippen molar-refractivity contribution in [2.24, 2.45) is 5.73 Å². The standard InChI is InChI=1S/C14H16ClN3O2S/c1-9-13(14(19)17-7-6-16)21-12(18-9)8-20-11-4-2-10(15)3-5-11/h2-5H,6-8,16H2,1H3,(H,17,19). The molecule has 0 saturated carbocycles. The lowest BCUT2D eigenvalue weighted by Crippen LogP contribution is -2.28. The molecule has 3 N–H and O–H groups in total. The van der Waals surface area contributed by atoms with E-state index in [9.17, 15) is 4.79 Å². The molecule has 21 heavy (non-hydrogen) atoms. The van der Waals surface area contributed by atoms with Gasteiger partial charge >= 0.3 is 0 Å². The van der Waals surface area contributed by atoms with Crippen molar-refractivity contribution in [3.63, 3.8) is 0 Å². The van der Waals surface area contributed by atoms with Crippen LogP contribution in [0.15, 0.2) is 24.3 Å². The summed E-state index contributed by atoms with van der Waals surface area (Å²) >= 11 is 7.14. The molecule has 1 heterocycles. The van der Waals surface area contributed by atoms with Crippen LogP contribution >= 0.6 is 22.9 Å². The monoisotopic (exact) mass is 325 g/mol. The number of aryl methyl sites for hydroxylation is 1. The van der Waals surface area contributed by atoms with Crippen molar-refractivity contribution in [1.82, 2.24) is 10.3 Å². The number of ether oxygens (including phenoxy) is 1. The number of halogens is 1. The van der Waals surface area contributed by atoms with Crippen LogP contribution in [0.25, 0.3) is 0 Å². The Labute approximate surface area is 132 Å². The molecule has 0 spiro atoms. The number of rotatable bonds is 6. The number of nitrogens with two attached hydrogens (primary N) is 1. The van der Waals surface area contributed by atoms with Gasteiger partial charge in [-0.15, -0.1) is 11.3 Å². The van der Waals surface area contributed by atoms with Gasteiger partial charge < -0.3 is 15.8 Å². The van der Waals surface area contributed by atoms with E-state index in [1.165, 1.54) is 11.3 Å². The van der Waals surface area contributed by atoms with Crippen LogP contribution in [0, 0.1) is 6.92 Å². The molecule has 2 rings (SSSR count). The number of amides is 1. The summed E-state index contributed by atoms with van der Waals surface area (Å²) in [4.78, 5) is 16.8. The third kappa shape index (κ3) is 4.42. The zero-order chi connectivity index (χ0) is 15.2. The zero-order valence-corrected chi connectivity index (χ0v) is 13.1. The fraction of sp³-hybridized carbons (Fsp3) is 0.286. The summed E-state index contributed by atoms with van der Waals surface area (Å²) in [6.07, 6.45) is 0. The van der Waals surface area contributed by atoms with Crippen LogP contribution in [0.1, 0.15) is 20.4 Å². The minimum atomic E-state index is -0.145. The molecule has 1 aromatic carbocycles. The van der Waals surface area contributed by atoms with Crippen LogP contribution in [0.4, 0.5) is 0 Å². The van der Waals surface area contributed by atoms with Gasteiger partial charge in [-0.25, -0.2) is 4.98 Å². The molecular formula is C14H16ClN3O2S. The predicted molar refractivity (Wildman–Crippen MR) is 84.0 cm³/mol. The Morgan fingerprint density at radius 1 is 1.43 bits per heavy atom. The van der Waals surface area contributed by atoms with Gasteiger partial charge in [-0.05, 0) is 31.2 Å². The van der Waals surface area contributed by atoms with E-state index in [1.54, 1.807) is 31.2 Å². The maximum absolute atomic E-state index is 11.9. The quantitative estimate of drug-likeness (QED) is 0.854. The van der Waals surface area contributed by atoms with Crippen LogP contribution in [0.3, 0.4) is 0 Å². The second-order valence-corrected chi connectivity index (χ2v) is 5.83. The van der Waals surface area contributed by atoms with E-state index in [-0.39, 0.29) is 5.91 Å². The van der Waals surface area contributed by atoms with Gasteiger partial charge in [0.05, 0.1) is 5.69 Å². The molecule has 1 aromatic heterocycles. The van der Waals surface area contributed by atoms with Crippen LogP contribution < -0.4 is 15.8 Å². The van der Waals surface area contributed by atoms with E-state index < -0.39 is 0 Å². The molecule has 0 bridgehead atoms. The van der Waals surface area contributed by atoms with Gasteiger partial charge in [-0.1, -0.05) is 11.6 Å². The Hall–Kier alpha value is -1.63. The smallest absolute Gasteiger partial charge is 0.263 e. The molecule has 0 saturated heterocycles. The Bertz CT molecular complexity index is 613. The number of hydrogen-bond acceptors (Lipinski definition) is 5. The first-order valence-electron chi connectivity index (χ1n) is 6.43. The lowest BCUT2D eigenvalue weighted by atomic mass is 10.3. The SMILES string of the molecule is Cc1nc(COc2ccc(Cl)cc2)sc1C(=O)NCCN. The first kappa shape index (κ1) is 15.8. The molecule has 0 unspecified atom stereocenters. The number of aromatic nitrogens is 1. The van der Waals surface area contributed by atoms with Crippen molar-refractivity contribution in [2.45, 2.75) is 13.5 Å². The summed E-state index contributed by atoms with van der Waals surface area (Å²) < 4.78 is 5.61. The van der Waals surface area contributed by atoms with E-state index in [1.807, 2.05) is 0 Å². The van der Waals surface area contributed by atoms with Crippen molar-refractivity contribution in [2.75, 3.05) is 13.1 Å². The van der Waals surface area contributed by atoms with E-state index >= 15 is 0 Å². The third-order valence-electron chi connectivity index (χ3n) is 2.65. The van der Waals surface area contributed by atoms with E-state index in [2.05, 4.69) is 10.3 Å². The highest BCUT2D eigenvalue weighted by molar-refractivity contribution is 7.13. The van der Waals surface area contributed by atoms with Gasteiger partial charge in [-0.3, -0.25) is 4.79 Å². The second-order valence-electron chi connectivity index (χ2n) is 4.31. The maximum Gasteiger partial charge on any atom is 0.263 e. The molecule has 0 aliphatic rings. The number of nitrogens with zero attached hydrogens (tertiary/aromatic N) is 1. The summed E-state index contributed by atoms with van der Waals surface area (Å²) in [5, 5.41) is 4.14. The lowest BCUT2D eigenvalue weighted by molar-refractivity contribution is 0.0958. The molecule has 2 aromatic rings. The lowest BCUT2D eigenvalue weighted by Gasteiger charge is -2.03. The fourth-order valence-corrected chi connectivity index (χ4v) is 2.69. The van der Waals surface area contributed by atoms with E-state index in [0.29, 0.717) is 41.0 Å². The molecule has 112 valence electrons. The summed E-state index contributed by atoms with van der Waals surface area (Å²) in [7, 11) is 0. The minimum absolute atomic E-state index is 0.145. The summed E-state index contributed by atoms with van der Waals surface area (Å²) in [5.41, 5.74) is 6.06. The van der Waals surface area contributed by atoms with Crippen LogP contribution in [-0.4, -0.2) is 24.0 Å². The largest absolute Gasteiger partial charge is 0.486 e. The molecule has 0 aliphatic heterocycles. The zero-order valence-electron chi connectivity index (χ0n) is 11.6. The highest BCUT2D eigenvalue weighted by Gasteiger charge is 2.15. The van der Waals surface area contributed by atoms with Crippen molar-refractivity contribution in [3.05, 3.63) is 44.9 Å². The van der Waals surface area contributed by atoms with Crippen molar-refractivity contribution in [1.29, 1.82) is 0 Å². The first-order valence-corrected chi connectivity index (χ1v) is 7.62. The van der Waals surface area contributed by atoms with Gasteiger partial charge in [0, 0.05) is 18.1 Å². The summed E-state index contributed by atoms with van der Waals surface area (Å²) in [5.74, 6) is 0.564. The molecular weight excluding hydrogens is 310 g/mol. The van der Waals surface area contributed by atoms with E-state index in [4.69, 9.17) is 22.1 Å². The van der Waals surface area contributed by atoms with Crippen molar-refractivity contribution in [3.8, 4) is 5.75 Å².